The number of carbonyl (C=O) groups is 2. The average molecular weight is 348 g/mol. The van der Waals surface area contributed by atoms with Crippen LogP contribution in [0.4, 0.5) is 10.8 Å². The van der Waals surface area contributed by atoms with Crippen LogP contribution in [-0.2, 0) is 9.59 Å². The Bertz CT molecular complexity index is 702. The van der Waals surface area contributed by atoms with Gasteiger partial charge in [-0.2, -0.15) is 0 Å². The molecule has 0 fully saturated rings. The van der Waals surface area contributed by atoms with E-state index < -0.39 is 5.91 Å². The number of hydrogen-bond acceptors (Lipinski definition) is 6. The highest BCUT2D eigenvalue weighted by molar-refractivity contribution is 7.14. The highest BCUT2D eigenvalue weighted by atomic mass is 32.1. The molecule has 5 N–H and O–H groups in total. The van der Waals surface area contributed by atoms with Crippen LogP contribution in [0.5, 0.6) is 0 Å². The van der Waals surface area contributed by atoms with Crippen LogP contribution in [-0.4, -0.2) is 22.0 Å². The summed E-state index contributed by atoms with van der Waals surface area (Å²) < 4.78 is 0. The molecule has 1 aromatic heterocycles. The zero-order valence-corrected chi connectivity index (χ0v) is 13.9. The number of amides is 2. The lowest BCUT2D eigenvalue weighted by Crippen LogP contribution is -2.17. The predicted molar refractivity (Wildman–Crippen MR) is 93.6 cm³/mol. The first-order valence-electron chi connectivity index (χ1n) is 7.62. The summed E-state index contributed by atoms with van der Waals surface area (Å²) in [6.45, 7) is 0. The van der Waals surface area contributed by atoms with Crippen molar-refractivity contribution in [3.63, 3.8) is 0 Å². The fourth-order valence-electron chi connectivity index (χ4n) is 2.15. The maximum absolute atomic E-state index is 11.9. The Morgan fingerprint density at radius 3 is 2.62 bits per heavy atom. The van der Waals surface area contributed by atoms with Crippen molar-refractivity contribution in [3.05, 3.63) is 29.6 Å². The minimum atomic E-state index is -0.406. The number of hydrogen-bond donors (Lipinski definition) is 4. The number of unbranched alkanes of at least 4 members (excludes halogenated alkanes) is 2. The van der Waals surface area contributed by atoms with E-state index in [2.05, 4.69) is 10.3 Å². The molecule has 0 aliphatic rings. The number of nitrogens with zero attached hydrogens (tertiary/aromatic N) is 1. The van der Waals surface area contributed by atoms with Gasteiger partial charge in [-0.25, -0.2) is 10.5 Å². The number of hydroxylamine groups is 1. The van der Waals surface area contributed by atoms with Crippen molar-refractivity contribution >= 4 is 34.0 Å². The molecule has 0 unspecified atom stereocenters. The summed E-state index contributed by atoms with van der Waals surface area (Å²) in [6, 6.07) is 7.42. The molecule has 1 heterocycles. The van der Waals surface area contributed by atoms with Crippen LogP contribution in [0.25, 0.3) is 11.3 Å². The molecule has 0 aliphatic heterocycles. The van der Waals surface area contributed by atoms with Crippen molar-refractivity contribution in [2.75, 3.05) is 11.1 Å². The molecule has 8 heteroatoms. The summed E-state index contributed by atoms with van der Waals surface area (Å²) in [4.78, 5) is 27.1. The molecule has 0 bridgehead atoms. The first-order valence-corrected chi connectivity index (χ1v) is 8.50. The largest absolute Gasteiger partial charge is 0.399 e. The summed E-state index contributed by atoms with van der Waals surface area (Å²) in [7, 11) is 0. The number of carbonyl (C=O) groups excluding carboxylic acids is 2. The maximum Gasteiger partial charge on any atom is 0.243 e. The predicted octanol–water partition coefficient (Wildman–Crippen LogP) is 2.79. The second-order valence-corrected chi connectivity index (χ2v) is 6.17. The van der Waals surface area contributed by atoms with E-state index in [9.17, 15) is 9.59 Å². The first kappa shape index (κ1) is 17.9. The van der Waals surface area contributed by atoms with Gasteiger partial charge in [0.25, 0.3) is 0 Å². The zero-order chi connectivity index (χ0) is 17.4. The van der Waals surface area contributed by atoms with Gasteiger partial charge in [0.1, 0.15) is 0 Å². The number of rotatable bonds is 8. The number of nitrogen functional groups attached to an aromatic ring is 1. The van der Waals surface area contributed by atoms with Crippen LogP contribution in [0.1, 0.15) is 32.1 Å². The number of nitrogens with two attached hydrogens (primary N) is 1. The lowest BCUT2D eigenvalue weighted by atomic mass is 10.1. The minimum Gasteiger partial charge on any atom is -0.399 e. The van der Waals surface area contributed by atoms with Crippen LogP contribution in [0.15, 0.2) is 29.6 Å². The molecule has 0 atom stereocenters. The quantitative estimate of drug-likeness (QED) is 0.253. The van der Waals surface area contributed by atoms with Gasteiger partial charge < -0.3 is 11.1 Å². The number of nitrogens with one attached hydrogen (secondary N) is 2. The van der Waals surface area contributed by atoms with Gasteiger partial charge in [-0.05, 0) is 25.0 Å². The molecule has 1 aromatic carbocycles. The minimum absolute atomic E-state index is 0.102. The Balaban J connectivity index is 1.76. The highest BCUT2D eigenvalue weighted by Gasteiger charge is 2.08. The third kappa shape index (κ3) is 5.64. The second kappa shape index (κ2) is 8.99. The Hall–Kier alpha value is -2.45. The third-order valence-electron chi connectivity index (χ3n) is 3.37. The smallest absolute Gasteiger partial charge is 0.243 e. The molecule has 0 aliphatic carbocycles. The van der Waals surface area contributed by atoms with E-state index in [4.69, 9.17) is 10.9 Å². The van der Waals surface area contributed by atoms with Gasteiger partial charge in [0.2, 0.25) is 11.8 Å². The van der Waals surface area contributed by atoms with Crippen LogP contribution < -0.4 is 16.5 Å². The first-order chi connectivity index (χ1) is 11.6. The fraction of sp³-hybridized carbons (Fsp3) is 0.312. The topological polar surface area (TPSA) is 117 Å². The Labute approximate surface area is 143 Å². The second-order valence-electron chi connectivity index (χ2n) is 5.31. The molecule has 2 aromatic rings. The fourth-order valence-corrected chi connectivity index (χ4v) is 2.88. The molecular formula is C16H20N4O3S. The van der Waals surface area contributed by atoms with Gasteiger partial charge in [0, 0.05) is 29.5 Å². The Kier molecular flexibility index (Phi) is 6.71. The molecule has 0 spiro atoms. The van der Waals surface area contributed by atoms with Crippen molar-refractivity contribution < 1.29 is 14.8 Å². The van der Waals surface area contributed by atoms with E-state index in [-0.39, 0.29) is 12.3 Å². The van der Waals surface area contributed by atoms with Crippen molar-refractivity contribution in [3.8, 4) is 11.3 Å². The van der Waals surface area contributed by atoms with Gasteiger partial charge in [0.05, 0.1) is 5.69 Å². The molecule has 2 rings (SSSR count). The van der Waals surface area contributed by atoms with Crippen LogP contribution in [0.3, 0.4) is 0 Å². The Morgan fingerprint density at radius 1 is 1.17 bits per heavy atom. The van der Waals surface area contributed by atoms with Gasteiger partial charge in [-0.15, -0.1) is 11.3 Å². The van der Waals surface area contributed by atoms with Gasteiger partial charge in [-0.1, -0.05) is 18.6 Å². The molecule has 24 heavy (non-hydrogen) atoms. The molecule has 0 saturated carbocycles. The lowest BCUT2D eigenvalue weighted by Gasteiger charge is -2.02. The molecule has 2 amide bonds. The van der Waals surface area contributed by atoms with Crippen molar-refractivity contribution in [1.29, 1.82) is 0 Å². The van der Waals surface area contributed by atoms with E-state index in [0.717, 1.165) is 17.7 Å². The van der Waals surface area contributed by atoms with Crippen LogP contribution in [0.2, 0.25) is 0 Å². The van der Waals surface area contributed by atoms with E-state index >= 15 is 0 Å². The van der Waals surface area contributed by atoms with E-state index in [1.807, 2.05) is 29.6 Å². The van der Waals surface area contributed by atoms with Crippen molar-refractivity contribution in [2.24, 2.45) is 0 Å². The summed E-state index contributed by atoms with van der Waals surface area (Å²) in [5.74, 6) is -0.508. The number of aromatic nitrogens is 1. The van der Waals surface area contributed by atoms with Gasteiger partial charge in [0.15, 0.2) is 5.13 Å². The van der Waals surface area contributed by atoms with Crippen molar-refractivity contribution in [1.82, 2.24) is 10.5 Å². The highest BCUT2D eigenvalue weighted by Crippen LogP contribution is 2.26. The average Bonchev–Trinajstić information content (AvgIpc) is 3.02. The monoisotopic (exact) mass is 348 g/mol. The standard InChI is InChI=1S/C16H20N4O3S/c17-12-6-4-5-11(9-12)13-10-24-16(18-13)19-14(21)7-2-1-3-8-15(22)20-23/h4-6,9-10,23H,1-3,7-8,17H2,(H,20,22)(H,18,19,21). The third-order valence-corrected chi connectivity index (χ3v) is 4.12. The number of thiazole rings is 1. The normalized spacial score (nSPS) is 10.4. The van der Waals surface area contributed by atoms with E-state index in [0.29, 0.717) is 30.1 Å². The molecule has 0 radical (unpaired) electrons. The molecule has 0 saturated heterocycles. The maximum atomic E-state index is 11.9. The summed E-state index contributed by atoms with van der Waals surface area (Å²) in [5, 5.41) is 13.6. The van der Waals surface area contributed by atoms with Crippen molar-refractivity contribution in [2.45, 2.75) is 32.1 Å². The lowest BCUT2D eigenvalue weighted by molar-refractivity contribution is -0.129. The molecular weight excluding hydrogens is 328 g/mol. The summed E-state index contributed by atoms with van der Waals surface area (Å²) >= 11 is 1.36. The Morgan fingerprint density at radius 2 is 1.92 bits per heavy atom. The number of benzene rings is 1. The number of anilines is 2. The molecule has 128 valence electrons. The summed E-state index contributed by atoms with van der Waals surface area (Å²) in [5.41, 5.74) is 9.70. The van der Waals surface area contributed by atoms with E-state index in [1.165, 1.54) is 11.3 Å². The van der Waals surface area contributed by atoms with Crippen LogP contribution >= 0.6 is 11.3 Å². The SMILES string of the molecule is Nc1cccc(-c2csc(NC(=O)CCCCCC(=O)NO)n2)c1. The van der Waals surface area contributed by atoms with Crippen LogP contribution in [0, 0.1) is 0 Å². The van der Waals surface area contributed by atoms with E-state index in [1.54, 1.807) is 5.48 Å². The molecule has 7 nitrogen and oxygen atoms in total. The van der Waals surface area contributed by atoms with Gasteiger partial charge >= 0.3 is 0 Å². The summed E-state index contributed by atoms with van der Waals surface area (Å²) in [6.07, 6.45) is 2.68. The van der Waals surface area contributed by atoms with Gasteiger partial charge in [-0.3, -0.25) is 14.8 Å². The zero-order valence-electron chi connectivity index (χ0n) is 13.1.